The summed E-state index contributed by atoms with van der Waals surface area (Å²) in [5.74, 6) is -1.51. The van der Waals surface area contributed by atoms with Crippen LogP contribution in [0.1, 0.15) is 11.1 Å². The van der Waals surface area contributed by atoms with Crippen LogP contribution in [0, 0.1) is 5.82 Å². The van der Waals surface area contributed by atoms with Crippen LogP contribution in [0.3, 0.4) is 0 Å². The maximum atomic E-state index is 13.1. The molecule has 3 rings (SSSR count). The van der Waals surface area contributed by atoms with Gasteiger partial charge in [-0.05, 0) is 53.2 Å². The van der Waals surface area contributed by atoms with Gasteiger partial charge < -0.3 is 14.6 Å². The number of methoxy groups -OCH3 is 1. The Morgan fingerprint density at radius 1 is 1.23 bits per heavy atom. The van der Waals surface area contributed by atoms with Crippen LogP contribution in [0.15, 0.2) is 45.8 Å². The molecule has 1 saturated heterocycles. The van der Waals surface area contributed by atoms with Crippen LogP contribution >= 0.6 is 27.7 Å². The number of carbonyl (C=O) groups is 3. The fraction of sp³-hybridized carbons (Fsp3) is 0.150. The molecule has 0 aromatic heterocycles. The SMILES string of the molecule is COc1cc(/C=C2/SC(=O)N(Cc3ccc(F)cc3)C2=O)c(Br)cc1OCC(=O)O. The van der Waals surface area contributed by atoms with Gasteiger partial charge in [0, 0.05) is 4.47 Å². The average Bonchev–Trinajstić information content (AvgIpc) is 2.96. The number of carboxylic acids is 1. The van der Waals surface area contributed by atoms with Crippen LogP contribution in [0.5, 0.6) is 11.5 Å². The number of ether oxygens (including phenoxy) is 2. The van der Waals surface area contributed by atoms with Gasteiger partial charge in [0.15, 0.2) is 18.1 Å². The standard InChI is InChI=1S/C20H15BrFNO6S/c1-28-15-6-12(14(21)8-16(15)29-10-18(24)25)7-17-19(26)23(20(27)30-17)9-11-2-4-13(22)5-3-11/h2-8H,9-10H2,1H3,(H,24,25)/b17-7+. The van der Waals surface area contributed by atoms with E-state index in [-0.39, 0.29) is 22.9 Å². The van der Waals surface area contributed by atoms with E-state index in [0.717, 1.165) is 16.7 Å². The van der Waals surface area contributed by atoms with E-state index in [2.05, 4.69) is 15.9 Å². The van der Waals surface area contributed by atoms with Crippen molar-refractivity contribution in [3.05, 3.63) is 62.7 Å². The van der Waals surface area contributed by atoms with Crippen LogP contribution < -0.4 is 9.47 Å². The van der Waals surface area contributed by atoms with Crippen LogP contribution in [-0.4, -0.2) is 40.8 Å². The fourth-order valence-electron chi connectivity index (χ4n) is 2.62. The zero-order valence-electron chi connectivity index (χ0n) is 15.6. The first-order valence-electron chi connectivity index (χ1n) is 8.50. The molecule has 1 aliphatic heterocycles. The number of carboxylic acid groups (broad SMARTS) is 1. The summed E-state index contributed by atoms with van der Waals surface area (Å²) in [6.07, 6.45) is 1.53. The van der Waals surface area contributed by atoms with E-state index in [1.54, 1.807) is 6.07 Å². The van der Waals surface area contributed by atoms with Gasteiger partial charge in [0.25, 0.3) is 11.1 Å². The van der Waals surface area contributed by atoms with Crippen molar-refractivity contribution < 1.29 is 33.4 Å². The summed E-state index contributed by atoms with van der Waals surface area (Å²) in [6.45, 7) is -0.501. The topological polar surface area (TPSA) is 93.1 Å². The van der Waals surface area contributed by atoms with E-state index in [1.165, 1.54) is 43.5 Å². The molecule has 1 N–H and O–H groups in total. The first kappa shape index (κ1) is 21.8. The Bertz CT molecular complexity index is 1040. The minimum atomic E-state index is -1.13. The first-order valence-corrected chi connectivity index (χ1v) is 10.1. The van der Waals surface area contributed by atoms with Crippen molar-refractivity contribution in [3.8, 4) is 11.5 Å². The molecule has 0 atom stereocenters. The molecule has 0 radical (unpaired) electrons. The summed E-state index contributed by atoms with van der Waals surface area (Å²) in [4.78, 5) is 37.0. The van der Waals surface area contributed by atoms with Crippen molar-refractivity contribution in [1.82, 2.24) is 4.90 Å². The molecule has 0 unspecified atom stereocenters. The minimum absolute atomic E-state index is 0.0365. The highest BCUT2D eigenvalue weighted by Crippen LogP contribution is 2.38. The molecule has 0 spiro atoms. The Morgan fingerprint density at radius 2 is 1.93 bits per heavy atom. The molecule has 1 fully saturated rings. The number of amides is 2. The van der Waals surface area contributed by atoms with Crippen molar-refractivity contribution in [3.63, 3.8) is 0 Å². The third kappa shape index (κ3) is 5.00. The summed E-state index contributed by atoms with van der Waals surface area (Å²) in [6, 6.07) is 8.65. The molecule has 1 heterocycles. The van der Waals surface area contributed by atoms with Gasteiger partial charge >= 0.3 is 5.97 Å². The number of imide groups is 1. The number of aliphatic carboxylic acids is 1. The number of rotatable bonds is 7. The summed E-state index contributed by atoms with van der Waals surface area (Å²) in [5, 5.41) is 8.34. The number of benzene rings is 2. The van der Waals surface area contributed by atoms with Crippen LogP contribution in [-0.2, 0) is 16.1 Å². The Hall–Kier alpha value is -2.85. The predicted molar refractivity (Wildman–Crippen MR) is 112 cm³/mol. The fourth-order valence-corrected chi connectivity index (χ4v) is 3.89. The minimum Gasteiger partial charge on any atom is -0.493 e. The number of carbonyl (C=O) groups excluding carboxylic acids is 2. The van der Waals surface area contributed by atoms with Gasteiger partial charge in [0.05, 0.1) is 18.6 Å². The maximum Gasteiger partial charge on any atom is 0.341 e. The van der Waals surface area contributed by atoms with E-state index < -0.39 is 29.5 Å². The molecule has 2 amide bonds. The molecule has 0 aliphatic carbocycles. The monoisotopic (exact) mass is 495 g/mol. The van der Waals surface area contributed by atoms with Crippen LogP contribution in [0.25, 0.3) is 6.08 Å². The molecule has 7 nitrogen and oxygen atoms in total. The molecule has 1 aliphatic rings. The highest BCUT2D eigenvalue weighted by atomic mass is 79.9. The number of thioether (sulfide) groups is 1. The van der Waals surface area contributed by atoms with E-state index in [4.69, 9.17) is 14.6 Å². The quantitative estimate of drug-likeness (QED) is 0.572. The normalized spacial score (nSPS) is 15.0. The zero-order valence-corrected chi connectivity index (χ0v) is 18.0. The van der Waals surface area contributed by atoms with Crippen molar-refractivity contribution in [2.75, 3.05) is 13.7 Å². The van der Waals surface area contributed by atoms with Crippen LogP contribution in [0.2, 0.25) is 0 Å². The third-order valence-electron chi connectivity index (χ3n) is 4.05. The average molecular weight is 496 g/mol. The lowest BCUT2D eigenvalue weighted by molar-refractivity contribution is -0.139. The maximum absolute atomic E-state index is 13.1. The molecule has 10 heteroatoms. The van der Waals surface area contributed by atoms with Crippen molar-refractivity contribution in [1.29, 1.82) is 0 Å². The van der Waals surface area contributed by atoms with E-state index in [9.17, 15) is 18.8 Å². The zero-order chi connectivity index (χ0) is 21.8. The van der Waals surface area contributed by atoms with E-state index in [1.807, 2.05) is 0 Å². The number of hydrogen-bond donors (Lipinski definition) is 1. The lowest BCUT2D eigenvalue weighted by Gasteiger charge is -2.13. The van der Waals surface area contributed by atoms with Crippen LogP contribution in [0.4, 0.5) is 9.18 Å². The molecule has 0 bridgehead atoms. The highest BCUT2D eigenvalue weighted by Gasteiger charge is 2.35. The molecule has 30 heavy (non-hydrogen) atoms. The Kier molecular flexibility index (Phi) is 6.78. The van der Waals surface area contributed by atoms with Gasteiger partial charge in [-0.2, -0.15) is 0 Å². The number of hydrogen-bond acceptors (Lipinski definition) is 6. The lowest BCUT2D eigenvalue weighted by atomic mass is 10.1. The second-order valence-electron chi connectivity index (χ2n) is 6.10. The molecule has 2 aromatic rings. The molecular formula is C20H15BrFNO6S. The molecule has 156 valence electrons. The predicted octanol–water partition coefficient (Wildman–Crippen LogP) is 4.30. The number of nitrogens with zero attached hydrogens (tertiary/aromatic N) is 1. The van der Waals surface area contributed by atoms with Gasteiger partial charge in [-0.3, -0.25) is 14.5 Å². The van der Waals surface area contributed by atoms with Gasteiger partial charge in [-0.15, -0.1) is 0 Å². The molecular weight excluding hydrogens is 481 g/mol. The lowest BCUT2D eigenvalue weighted by Crippen LogP contribution is -2.27. The van der Waals surface area contributed by atoms with E-state index in [0.29, 0.717) is 15.6 Å². The second kappa shape index (κ2) is 9.31. The molecule has 2 aromatic carbocycles. The first-order chi connectivity index (χ1) is 14.3. The Balaban J connectivity index is 1.84. The Morgan fingerprint density at radius 3 is 2.57 bits per heavy atom. The largest absolute Gasteiger partial charge is 0.493 e. The highest BCUT2D eigenvalue weighted by molar-refractivity contribution is 9.10. The van der Waals surface area contributed by atoms with Gasteiger partial charge in [0.2, 0.25) is 0 Å². The molecule has 0 saturated carbocycles. The van der Waals surface area contributed by atoms with Gasteiger partial charge in [-0.25, -0.2) is 9.18 Å². The summed E-state index contributed by atoms with van der Waals surface area (Å²) >= 11 is 4.15. The summed E-state index contributed by atoms with van der Waals surface area (Å²) < 4.78 is 24.0. The van der Waals surface area contributed by atoms with Crippen molar-refractivity contribution >= 4 is 50.9 Å². The smallest absolute Gasteiger partial charge is 0.341 e. The second-order valence-corrected chi connectivity index (χ2v) is 7.95. The van der Waals surface area contributed by atoms with E-state index >= 15 is 0 Å². The summed E-state index contributed by atoms with van der Waals surface area (Å²) in [7, 11) is 1.40. The third-order valence-corrected chi connectivity index (χ3v) is 5.64. The van der Waals surface area contributed by atoms with Crippen molar-refractivity contribution in [2.45, 2.75) is 6.54 Å². The number of halogens is 2. The van der Waals surface area contributed by atoms with Gasteiger partial charge in [-0.1, -0.05) is 28.1 Å². The summed E-state index contributed by atoms with van der Waals surface area (Å²) in [5.41, 5.74) is 1.17. The Labute approximate surface area is 183 Å². The van der Waals surface area contributed by atoms with Crippen molar-refractivity contribution in [2.24, 2.45) is 0 Å². The van der Waals surface area contributed by atoms with Gasteiger partial charge in [0.1, 0.15) is 5.82 Å².